The lowest BCUT2D eigenvalue weighted by Crippen LogP contribution is -2.49. The lowest BCUT2D eigenvalue weighted by Gasteiger charge is -2.37. The Labute approximate surface area is 166 Å². The van der Waals surface area contributed by atoms with Crippen molar-refractivity contribution in [3.05, 3.63) is 41.5 Å². The van der Waals surface area contributed by atoms with Gasteiger partial charge in [-0.05, 0) is 49.9 Å². The molecule has 0 saturated carbocycles. The standard InChI is InChI=1S/C19H21N7OS/c1-11-16-22-23-17(18-20-12(2)24-28-18)26(16)10-9-25(11)19(27)15-8-7-13-5-3-4-6-14(13)21-15/h3-6,11,15,21H,7-10H2,1-2H3/t11-,15?/m1/s1. The third-order valence-electron chi connectivity index (χ3n) is 5.53. The second kappa shape index (κ2) is 6.66. The van der Waals surface area contributed by atoms with Crippen LogP contribution in [-0.2, 0) is 17.8 Å². The number of aromatic nitrogens is 5. The molecule has 0 saturated heterocycles. The molecule has 2 atom stereocenters. The molecule has 4 heterocycles. The van der Waals surface area contributed by atoms with Gasteiger partial charge in [-0.2, -0.15) is 4.37 Å². The number of benzene rings is 1. The highest BCUT2D eigenvalue weighted by Crippen LogP contribution is 2.31. The number of anilines is 1. The third kappa shape index (κ3) is 2.77. The van der Waals surface area contributed by atoms with Gasteiger partial charge in [-0.1, -0.05) is 18.2 Å². The molecule has 0 bridgehead atoms. The van der Waals surface area contributed by atoms with Gasteiger partial charge in [0.2, 0.25) is 5.91 Å². The number of rotatable bonds is 2. The number of carbonyl (C=O) groups is 1. The number of nitrogens with zero attached hydrogens (tertiary/aromatic N) is 6. The number of hydrogen-bond donors (Lipinski definition) is 1. The molecule has 3 aromatic rings. The van der Waals surface area contributed by atoms with E-state index < -0.39 is 0 Å². The number of amides is 1. The van der Waals surface area contributed by atoms with Crippen LogP contribution in [0, 0.1) is 6.92 Å². The maximum Gasteiger partial charge on any atom is 0.245 e. The molecule has 0 aliphatic carbocycles. The van der Waals surface area contributed by atoms with Crippen molar-refractivity contribution in [2.45, 2.75) is 45.3 Å². The maximum absolute atomic E-state index is 13.2. The van der Waals surface area contributed by atoms with Gasteiger partial charge in [-0.25, -0.2) is 4.98 Å². The van der Waals surface area contributed by atoms with Gasteiger partial charge in [0, 0.05) is 18.8 Å². The first-order valence-electron chi connectivity index (χ1n) is 9.50. The number of aryl methyl sites for hydroxylation is 2. The minimum Gasteiger partial charge on any atom is -0.373 e. The van der Waals surface area contributed by atoms with Crippen molar-refractivity contribution in [1.29, 1.82) is 0 Å². The molecule has 0 spiro atoms. The highest BCUT2D eigenvalue weighted by atomic mass is 32.1. The summed E-state index contributed by atoms with van der Waals surface area (Å²) in [5, 5.41) is 12.9. The average Bonchev–Trinajstić information content (AvgIpc) is 3.34. The van der Waals surface area contributed by atoms with Gasteiger partial charge in [0.05, 0.1) is 6.04 Å². The molecule has 2 aliphatic rings. The molecule has 2 aromatic heterocycles. The number of fused-ring (bicyclic) bond motifs is 2. The van der Waals surface area contributed by atoms with Gasteiger partial charge in [0.25, 0.3) is 0 Å². The number of hydrogen-bond acceptors (Lipinski definition) is 7. The van der Waals surface area contributed by atoms with Gasteiger partial charge in [-0.3, -0.25) is 4.79 Å². The first kappa shape index (κ1) is 17.3. The summed E-state index contributed by atoms with van der Waals surface area (Å²) in [5.41, 5.74) is 2.34. The second-order valence-corrected chi connectivity index (χ2v) is 8.03. The Hall–Kier alpha value is -2.81. The normalized spacial score (nSPS) is 21.0. The fourth-order valence-electron chi connectivity index (χ4n) is 4.06. The highest BCUT2D eigenvalue weighted by molar-refractivity contribution is 7.09. The second-order valence-electron chi connectivity index (χ2n) is 7.28. The molecule has 1 amide bonds. The van der Waals surface area contributed by atoms with Crippen LogP contribution >= 0.6 is 11.5 Å². The van der Waals surface area contributed by atoms with E-state index in [0.29, 0.717) is 13.1 Å². The van der Waals surface area contributed by atoms with Gasteiger partial charge < -0.3 is 14.8 Å². The van der Waals surface area contributed by atoms with E-state index in [4.69, 9.17) is 0 Å². The van der Waals surface area contributed by atoms with E-state index in [9.17, 15) is 4.79 Å². The predicted octanol–water partition coefficient (Wildman–Crippen LogP) is 2.44. The minimum atomic E-state index is -0.197. The quantitative estimate of drug-likeness (QED) is 0.717. The summed E-state index contributed by atoms with van der Waals surface area (Å²) in [6.07, 6.45) is 1.72. The average molecular weight is 395 g/mol. The first-order valence-corrected chi connectivity index (χ1v) is 10.3. The van der Waals surface area contributed by atoms with E-state index in [2.05, 4.69) is 35.5 Å². The van der Waals surface area contributed by atoms with Crippen LogP contribution < -0.4 is 5.32 Å². The van der Waals surface area contributed by atoms with Crippen LogP contribution in [0.15, 0.2) is 24.3 Å². The molecule has 9 heteroatoms. The smallest absolute Gasteiger partial charge is 0.245 e. The van der Waals surface area contributed by atoms with Crippen LogP contribution in [-0.4, -0.2) is 47.5 Å². The number of para-hydroxylation sites is 1. The molecule has 0 radical (unpaired) electrons. The molecule has 8 nitrogen and oxygen atoms in total. The van der Waals surface area contributed by atoms with Gasteiger partial charge >= 0.3 is 0 Å². The molecule has 144 valence electrons. The summed E-state index contributed by atoms with van der Waals surface area (Å²) in [4.78, 5) is 19.6. The van der Waals surface area contributed by atoms with E-state index in [0.717, 1.165) is 41.0 Å². The molecule has 28 heavy (non-hydrogen) atoms. The number of nitrogens with one attached hydrogen (secondary N) is 1. The summed E-state index contributed by atoms with van der Waals surface area (Å²) in [6, 6.07) is 7.88. The SMILES string of the molecule is Cc1nsc(-c2nnc3n2CCN(C(=O)C2CCc4ccccc4N2)[C@@H]3C)n1. The van der Waals surface area contributed by atoms with E-state index in [1.165, 1.54) is 17.1 Å². The molecule has 0 fully saturated rings. The van der Waals surface area contributed by atoms with E-state index in [1.54, 1.807) is 0 Å². The van der Waals surface area contributed by atoms with Crippen molar-refractivity contribution >= 4 is 23.1 Å². The fourth-order valence-corrected chi connectivity index (χ4v) is 4.72. The van der Waals surface area contributed by atoms with Crippen molar-refractivity contribution < 1.29 is 4.79 Å². The van der Waals surface area contributed by atoms with Crippen molar-refractivity contribution in [2.75, 3.05) is 11.9 Å². The number of carbonyl (C=O) groups excluding carboxylic acids is 1. The zero-order valence-electron chi connectivity index (χ0n) is 15.8. The molecule has 5 rings (SSSR count). The zero-order chi connectivity index (χ0) is 19.3. The van der Waals surface area contributed by atoms with Gasteiger partial charge in [-0.15, -0.1) is 10.2 Å². The van der Waals surface area contributed by atoms with Crippen molar-refractivity contribution in [2.24, 2.45) is 0 Å². The lowest BCUT2D eigenvalue weighted by atomic mass is 9.97. The molecular formula is C19H21N7OS. The summed E-state index contributed by atoms with van der Waals surface area (Å²) in [5.74, 6) is 2.41. The van der Waals surface area contributed by atoms with Crippen molar-refractivity contribution in [1.82, 2.24) is 29.0 Å². The van der Waals surface area contributed by atoms with E-state index in [-0.39, 0.29) is 18.0 Å². The molecule has 1 aromatic carbocycles. The zero-order valence-corrected chi connectivity index (χ0v) is 16.6. The predicted molar refractivity (Wildman–Crippen MR) is 106 cm³/mol. The van der Waals surface area contributed by atoms with E-state index >= 15 is 0 Å². The molecular weight excluding hydrogens is 374 g/mol. The Morgan fingerprint density at radius 1 is 1.25 bits per heavy atom. The summed E-state index contributed by atoms with van der Waals surface area (Å²) in [6.45, 7) is 5.18. The monoisotopic (exact) mass is 395 g/mol. The van der Waals surface area contributed by atoms with Crippen LogP contribution in [0.5, 0.6) is 0 Å². The van der Waals surface area contributed by atoms with Crippen molar-refractivity contribution in [3.8, 4) is 10.8 Å². The minimum absolute atomic E-state index is 0.129. The first-order chi connectivity index (χ1) is 13.6. The van der Waals surface area contributed by atoms with Crippen LogP contribution in [0.1, 0.15) is 36.6 Å². The molecule has 1 unspecified atom stereocenters. The van der Waals surface area contributed by atoms with Gasteiger partial charge in [0.15, 0.2) is 16.7 Å². The van der Waals surface area contributed by atoms with Crippen LogP contribution in [0.3, 0.4) is 0 Å². The Balaban J connectivity index is 1.37. The van der Waals surface area contributed by atoms with Gasteiger partial charge in [0.1, 0.15) is 11.9 Å². The Morgan fingerprint density at radius 2 is 2.11 bits per heavy atom. The molecule has 2 aliphatic heterocycles. The highest BCUT2D eigenvalue weighted by Gasteiger charge is 2.36. The lowest BCUT2D eigenvalue weighted by molar-refractivity contribution is -0.135. The van der Waals surface area contributed by atoms with Crippen molar-refractivity contribution in [3.63, 3.8) is 0 Å². The Morgan fingerprint density at radius 3 is 2.93 bits per heavy atom. The largest absolute Gasteiger partial charge is 0.373 e. The van der Waals surface area contributed by atoms with E-state index in [1.807, 2.05) is 36.9 Å². The molecule has 1 N–H and O–H groups in total. The van der Waals surface area contributed by atoms with Crippen LogP contribution in [0.2, 0.25) is 0 Å². The summed E-state index contributed by atoms with van der Waals surface area (Å²) in [7, 11) is 0. The summed E-state index contributed by atoms with van der Waals surface area (Å²) < 4.78 is 6.31. The van der Waals surface area contributed by atoms with Crippen LogP contribution in [0.25, 0.3) is 10.8 Å². The third-order valence-corrected chi connectivity index (χ3v) is 6.34. The Bertz CT molecular complexity index is 1040. The maximum atomic E-state index is 13.2. The fraction of sp³-hybridized carbons (Fsp3) is 0.421. The Kier molecular flexibility index (Phi) is 4.12. The van der Waals surface area contributed by atoms with Crippen LogP contribution in [0.4, 0.5) is 5.69 Å². The topological polar surface area (TPSA) is 88.8 Å². The summed E-state index contributed by atoms with van der Waals surface area (Å²) >= 11 is 1.33.